The van der Waals surface area contributed by atoms with Crippen LogP contribution in [0.5, 0.6) is 11.5 Å². The fourth-order valence-corrected chi connectivity index (χ4v) is 6.60. The molecule has 11 heteroatoms. The molecule has 0 spiro atoms. The van der Waals surface area contributed by atoms with Gasteiger partial charge in [-0.3, -0.25) is 9.36 Å². The molecule has 45 heavy (non-hydrogen) atoms. The maximum atomic E-state index is 14.1. The lowest BCUT2D eigenvalue weighted by molar-refractivity contribution is -0.139. The van der Waals surface area contributed by atoms with Gasteiger partial charge < -0.3 is 23.5 Å². The molecule has 0 aliphatic carbocycles. The van der Waals surface area contributed by atoms with E-state index in [9.17, 15) is 14.4 Å². The molecule has 2 aromatic carbocycles. The van der Waals surface area contributed by atoms with E-state index >= 15 is 0 Å². The molecule has 0 saturated heterocycles. The van der Waals surface area contributed by atoms with Crippen LogP contribution in [0.2, 0.25) is 0 Å². The second-order valence-corrected chi connectivity index (χ2v) is 11.4. The van der Waals surface area contributed by atoms with Crippen LogP contribution < -0.4 is 24.4 Å². The first kappa shape index (κ1) is 31.5. The van der Waals surface area contributed by atoms with Gasteiger partial charge in [0.1, 0.15) is 0 Å². The number of ether oxygens (including phenoxy) is 4. The number of benzene rings is 2. The predicted molar refractivity (Wildman–Crippen MR) is 171 cm³/mol. The Morgan fingerprint density at radius 3 is 2.22 bits per heavy atom. The number of methoxy groups -OCH3 is 2. The Morgan fingerprint density at radius 1 is 0.911 bits per heavy atom. The number of allylic oxidation sites excluding steroid dienone is 1. The number of hydrogen-bond donors (Lipinski definition) is 0. The molecule has 0 bridgehead atoms. The van der Waals surface area contributed by atoms with Crippen molar-refractivity contribution in [1.82, 2.24) is 9.13 Å². The number of nitrogens with zero attached hydrogens (tertiary/aromatic N) is 3. The Labute approximate surface area is 264 Å². The summed E-state index contributed by atoms with van der Waals surface area (Å²) in [6, 6.07) is 13.8. The van der Waals surface area contributed by atoms with Crippen molar-refractivity contribution in [3.63, 3.8) is 0 Å². The molecule has 4 aromatic rings. The number of hydrogen-bond acceptors (Lipinski definition) is 9. The molecule has 1 aliphatic rings. The summed E-state index contributed by atoms with van der Waals surface area (Å²) >= 11 is 1.26. The van der Waals surface area contributed by atoms with Crippen molar-refractivity contribution in [2.45, 2.75) is 40.7 Å². The molecule has 234 valence electrons. The van der Waals surface area contributed by atoms with Crippen LogP contribution >= 0.6 is 11.3 Å². The SMILES string of the molecule is CCOC(=O)C1=C(C)N=c2s/c(=C\c3cc(C)n(-c4ccc(C(=O)OCC)cc4)c3C)c(=O)n2C1c1ccc(OC)c(OC)c1. The summed E-state index contributed by atoms with van der Waals surface area (Å²) < 4.78 is 25.5. The van der Waals surface area contributed by atoms with Gasteiger partial charge in [-0.25, -0.2) is 14.6 Å². The maximum Gasteiger partial charge on any atom is 0.338 e. The molecule has 5 rings (SSSR count). The highest BCUT2D eigenvalue weighted by Gasteiger charge is 2.34. The lowest BCUT2D eigenvalue weighted by Gasteiger charge is -2.25. The fourth-order valence-electron chi connectivity index (χ4n) is 5.56. The molecule has 0 saturated carbocycles. The minimum Gasteiger partial charge on any atom is -0.493 e. The van der Waals surface area contributed by atoms with E-state index in [1.807, 2.05) is 44.2 Å². The Hall–Kier alpha value is -4.90. The summed E-state index contributed by atoms with van der Waals surface area (Å²) in [5.41, 5.74) is 5.22. The normalized spacial score (nSPS) is 14.6. The Kier molecular flexibility index (Phi) is 9.10. The van der Waals surface area contributed by atoms with Crippen LogP contribution in [0.25, 0.3) is 11.8 Å². The second kappa shape index (κ2) is 13.0. The first-order chi connectivity index (χ1) is 21.6. The van der Waals surface area contributed by atoms with Crippen LogP contribution in [0.1, 0.15) is 59.7 Å². The molecular weight excluding hydrogens is 594 g/mol. The van der Waals surface area contributed by atoms with Crippen molar-refractivity contribution in [3.8, 4) is 17.2 Å². The van der Waals surface area contributed by atoms with Gasteiger partial charge in [0.15, 0.2) is 16.3 Å². The van der Waals surface area contributed by atoms with E-state index in [4.69, 9.17) is 18.9 Å². The number of thiazole rings is 1. The van der Waals surface area contributed by atoms with Crippen molar-refractivity contribution in [1.29, 1.82) is 0 Å². The van der Waals surface area contributed by atoms with Gasteiger partial charge in [0.05, 0.1) is 54.8 Å². The van der Waals surface area contributed by atoms with Crippen LogP contribution in [-0.2, 0) is 14.3 Å². The van der Waals surface area contributed by atoms with Gasteiger partial charge in [-0.15, -0.1) is 0 Å². The molecule has 0 radical (unpaired) electrons. The molecule has 0 fully saturated rings. The summed E-state index contributed by atoms with van der Waals surface area (Å²) in [7, 11) is 3.08. The van der Waals surface area contributed by atoms with Crippen molar-refractivity contribution >= 4 is 29.4 Å². The van der Waals surface area contributed by atoms with Crippen LogP contribution in [0.15, 0.2) is 69.6 Å². The van der Waals surface area contributed by atoms with Gasteiger partial charge in [0.2, 0.25) is 0 Å². The van der Waals surface area contributed by atoms with Crippen LogP contribution in [0.3, 0.4) is 0 Å². The lowest BCUT2D eigenvalue weighted by atomic mass is 9.95. The largest absolute Gasteiger partial charge is 0.493 e. The molecule has 10 nitrogen and oxygen atoms in total. The van der Waals surface area contributed by atoms with E-state index in [1.165, 1.54) is 18.4 Å². The Bertz CT molecular complexity index is 2000. The van der Waals surface area contributed by atoms with Crippen LogP contribution in [0, 0.1) is 13.8 Å². The molecule has 1 unspecified atom stereocenters. The lowest BCUT2D eigenvalue weighted by Crippen LogP contribution is -2.40. The number of carbonyl (C=O) groups is 2. The summed E-state index contributed by atoms with van der Waals surface area (Å²) in [5.74, 6) is 0.0924. The maximum absolute atomic E-state index is 14.1. The molecule has 1 aliphatic heterocycles. The summed E-state index contributed by atoms with van der Waals surface area (Å²) in [6.07, 6.45) is 1.85. The second-order valence-electron chi connectivity index (χ2n) is 10.3. The van der Waals surface area contributed by atoms with Crippen molar-refractivity contribution in [3.05, 3.63) is 108 Å². The number of carbonyl (C=O) groups excluding carboxylic acids is 2. The van der Waals surface area contributed by atoms with E-state index in [0.717, 1.165) is 22.6 Å². The van der Waals surface area contributed by atoms with E-state index in [0.29, 0.717) is 44.3 Å². The Morgan fingerprint density at radius 2 is 1.58 bits per heavy atom. The number of rotatable bonds is 9. The van der Waals surface area contributed by atoms with Crippen molar-refractivity contribution in [2.24, 2.45) is 4.99 Å². The summed E-state index contributed by atoms with van der Waals surface area (Å²) in [5, 5.41) is 0. The number of esters is 2. The smallest absolute Gasteiger partial charge is 0.338 e. The molecule has 2 aromatic heterocycles. The van der Waals surface area contributed by atoms with Gasteiger partial charge in [0.25, 0.3) is 5.56 Å². The first-order valence-corrected chi connectivity index (χ1v) is 15.3. The van der Waals surface area contributed by atoms with E-state index in [2.05, 4.69) is 9.56 Å². The monoisotopic (exact) mass is 629 g/mol. The molecule has 0 amide bonds. The highest BCUT2D eigenvalue weighted by molar-refractivity contribution is 7.07. The first-order valence-electron chi connectivity index (χ1n) is 14.5. The van der Waals surface area contributed by atoms with Crippen LogP contribution in [0.4, 0.5) is 0 Å². The van der Waals surface area contributed by atoms with Crippen molar-refractivity contribution < 1.29 is 28.5 Å². The molecular formula is C34H35N3O7S. The van der Waals surface area contributed by atoms with E-state index in [-0.39, 0.29) is 23.7 Å². The third-order valence-corrected chi connectivity index (χ3v) is 8.62. The topological polar surface area (TPSA) is 110 Å². The van der Waals surface area contributed by atoms with Gasteiger partial charge in [-0.1, -0.05) is 17.4 Å². The Balaban J connectivity index is 1.63. The minimum absolute atomic E-state index is 0.180. The zero-order chi connectivity index (χ0) is 32.4. The quantitative estimate of drug-likeness (QED) is 0.253. The highest BCUT2D eigenvalue weighted by Crippen LogP contribution is 2.36. The standard InChI is InChI=1S/C34H35N3O7S/c1-8-43-32(39)22-10-13-25(14-11-22)36-19(3)16-24(21(36)5)18-28-31(38)37-30(23-12-15-26(41-6)27(17-23)42-7)29(33(40)44-9-2)20(4)35-34(37)45-28/h10-18,30H,8-9H2,1-7H3/b28-18-. The van der Waals surface area contributed by atoms with Gasteiger partial charge in [0, 0.05) is 17.1 Å². The third-order valence-electron chi connectivity index (χ3n) is 7.63. The number of aromatic nitrogens is 2. The molecule has 0 N–H and O–H groups in total. The van der Waals surface area contributed by atoms with Crippen LogP contribution in [-0.4, -0.2) is 48.5 Å². The predicted octanol–water partition coefficient (Wildman–Crippen LogP) is 4.40. The zero-order valence-corrected chi connectivity index (χ0v) is 27.1. The van der Waals surface area contributed by atoms with Gasteiger partial charge in [-0.05, 0) is 94.3 Å². The van der Waals surface area contributed by atoms with E-state index in [1.54, 1.807) is 56.7 Å². The van der Waals surface area contributed by atoms with Gasteiger partial charge >= 0.3 is 11.9 Å². The summed E-state index contributed by atoms with van der Waals surface area (Å²) in [4.78, 5) is 44.7. The number of aryl methyl sites for hydroxylation is 1. The average Bonchev–Trinajstić information content (AvgIpc) is 3.49. The minimum atomic E-state index is -0.785. The molecule has 1 atom stereocenters. The average molecular weight is 630 g/mol. The summed E-state index contributed by atoms with van der Waals surface area (Å²) in [6.45, 7) is 9.71. The number of fused-ring (bicyclic) bond motifs is 1. The third kappa shape index (κ3) is 5.83. The van der Waals surface area contributed by atoms with Crippen molar-refractivity contribution in [2.75, 3.05) is 27.4 Å². The molecule has 3 heterocycles. The van der Waals surface area contributed by atoms with E-state index < -0.39 is 12.0 Å². The van der Waals surface area contributed by atoms with Gasteiger partial charge in [-0.2, -0.15) is 0 Å². The highest BCUT2D eigenvalue weighted by atomic mass is 32.1. The zero-order valence-electron chi connectivity index (χ0n) is 26.3. The fraction of sp³-hybridized carbons (Fsp3) is 0.294.